The third-order valence-electron chi connectivity index (χ3n) is 6.16. The summed E-state index contributed by atoms with van der Waals surface area (Å²) in [4.78, 5) is 28.0. The van der Waals surface area contributed by atoms with Gasteiger partial charge in [-0.3, -0.25) is 9.59 Å². The topological polar surface area (TPSA) is 75.4 Å². The van der Waals surface area contributed by atoms with Crippen molar-refractivity contribution in [3.63, 3.8) is 0 Å². The first kappa shape index (κ1) is 27.4. The average Bonchev–Trinajstić information content (AvgIpc) is 2.85. The molecule has 0 saturated heterocycles. The number of nitrogens with zero attached hydrogens (tertiary/aromatic N) is 1. The second kappa shape index (κ2) is 11.3. The summed E-state index contributed by atoms with van der Waals surface area (Å²) in [6.07, 6.45) is 0. The Kier molecular flexibility index (Phi) is 8.59. The van der Waals surface area contributed by atoms with E-state index in [4.69, 9.17) is 17.3 Å². The Morgan fingerprint density at radius 3 is 2.11 bits per heavy atom. The van der Waals surface area contributed by atoms with Crippen molar-refractivity contribution < 1.29 is 9.59 Å². The highest BCUT2D eigenvalue weighted by Crippen LogP contribution is 2.26. The lowest BCUT2D eigenvalue weighted by Gasteiger charge is -2.32. The number of hydrogen-bond donors (Lipinski definition) is 2. The lowest BCUT2D eigenvalue weighted by Crippen LogP contribution is -2.41. The molecule has 0 saturated carbocycles. The summed E-state index contributed by atoms with van der Waals surface area (Å²) in [6, 6.07) is 22.1. The van der Waals surface area contributed by atoms with E-state index in [1.54, 1.807) is 29.2 Å². The van der Waals surface area contributed by atoms with Crippen LogP contribution in [-0.2, 0) is 12.0 Å². The van der Waals surface area contributed by atoms with Gasteiger partial charge in [-0.05, 0) is 71.0 Å². The van der Waals surface area contributed by atoms with Gasteiger partial charge >= 0.3 is 0 Å². The predicted octanol–water partition coefficient (Wildman–Crippen LogP) is 6.52. The minimum absolute atomic E-state index is 0.0155. The Hall–Kier alpha value is -3.15. The van der Waals surface area contributed by atoms with Crippen molar-refractivity contribution in [2.24, 2.45) is 11.1 Å². The molecule has 3 aromatic carbocycles. The van der Waals surface area contributed by atoms with Crippen LogP contribution in [0.15, 0.2) is 72.8 Å². The largest absolute Gasteiger partial charge is 0.334 e. The van der Waals surface area contributed by atoms with Crippen molar-refractivity contribution in [3.8, 4) is 0 Å². The van der Waals surface area contributed by atoms with Crippen LogP contribution in [0.2, 0.25) is 5.02 Å². The zero-order valence-corrected chi connectivity index (χ0v) is 22.5. The molecule has 0 radical (unpaired) electrons. The van der Waals surface area contributed by atoms with E-state index >= 15 is 0 Å². The van der Waals surface area contributed by atoms with Gasteiger partial charge < -0.3 is 16.0 Å². The number of anilines is 1. The molecule has 3 N–H and O–H groups in total. The molecule has 0 unspecified atom stereocenters. The third-order valence-corrected chi connectivity index (χ3v) is 6.53. The van der Waals surface area contributed by atoms with Crippen LogP contribution in [0.4, 0.5) is 5.69 Å². The molecule has 3 rings (SSSR count). The van der Waals surface area contributed by atoms with Gasteiger partial charge in [0.25, 0.3) is 11.8 Å². The lowest BCUT2D eigenvalue weighted by atomic mass is 9.87. The number of benzene rings is 3. The SMILES string of the molecule is CC(C)(CN)CN(Cc1cc(NC(=O)c2ccc(C(C)(C)C)cc2)ccc1Cl)C(=O)c1ccccc1. The molecule has 0 spiro atoms. The quantitative estimate of drug-likeness (QED) is 0.366. The van der Waals surface area contributed by atoms with Crippen LogP contribution in [0, 0.1) is 5.41 Å². The zero-order valence-electron chi connectivity index (χ0n) is 21.8. The Morgan fingerprint density at radius 2 is 1.53 bits per heavy atom. The van der Waals surface area contributed by atoms with Crippen LogP contribution >= 0.6 is 11.6 Å². The van der Waals surface area contributed by atoms with Gasteiger partial charge in [0, 0.05) is 34.9 Å². The first-order valence-corrected chi connectivity index (χ1v) is 12.5. The molecular weight excluding hydrogens is 470 g/mol. The molecule has 0 aliphatic carbocycles. The van der Waals surface area contributed by atoms with Gasteiger partial charge in [0.1, 0.15) is 0 Å². The molecule has 190 valence electrons. The number of rotatable bonds is 8. The number of hydrogen-bond acceptors (Lipinski definition) is 3. The van der Waals surface area contributed by atoms with Crippen LogP contribution in [0.25, 0.3) is 0 Å². The number of amides is 2. The highest BCUT2D eigenvalue weighted by Gasteiger charge is 2.25. The molecule has 0 atom stereocenters. The maximum Gasteiger partial charge on any atom is 0.255 e. The van der Waals surface area contributed by atoms with E-state index in [9.17, 15) is 9.59 Å². The fourth-order valence-corrected chi connectivity index (χ4v) is 4.03. The van der Waals surface area contributed by atoms with Gasteiger partial charge in [-0.2, -0.15) is 0 Å². The highest BCUT2D eigenvalue weighted by atomic mass is 35.5. The van der Waals surface area contributed by atoms with Crippen molar-refractivity contribution in [3.05, 3.63) is 100 Å². The molecule has 0 bridgehead atoms. The summed E-state index contributed by atoms with van der Waals surface area (Å²) in [5.74, 6) is -0.299. The lowest BCUT2D eigenvalue weighted by molar-refractivity contribution is 0.0673. The molecule has 0 fully saturated rings. The molecule has 0 aliphatic rings. The van der Waals surface area contributed by atoms with Gasteiger partial charge in [-0.25, -0.2) is 0 Å². The van der Waals surface area contributed by atoms with E-state index in [0.29, 0.717) is 41.5 Å². The normalized spacial score (nSPS) is 11.8. The first-order chi connectivity index (χ1) is 16.9. The summed E-state index contributed by atoms with van der Waals surface area (Å²) < 4.78 is 0. The van der Waals surface area contributed by atoms with E-state index in [2.05, 4.69) is 26.1 Å². The number of nitrogens with two attached hydrogens (primary N) is 1. The standard InChI is InChI=1S/C30H36ClN3O2/c1-29(2,3)24-13-11-21(12-14-24)27(35)33-25-15-16-26(31)23(17-25)18-34(20-30(4,5)19-32)28(36)22-9-7-6-8-10-22/h6-17H,18-20,32H2,1-5H3,(H,33,35). The minimum atomic E-state index is -0.276. The average molecular weight is 506 g/mol. The molecule has 3 aromatic rings. The van der Waals surface area contributed by atoms with E-state index in [-0.39, 0.29) is 22.6 Å². The van der Waals surface area contributed by atoms with Crippen LogP contribution in [0.5, 0.6) is 0 Å². The number of halogens is 1. The Bertz CT molecular complexity index is 1200. The number of nitrogens with one attached hydrogen (secondary N) is 1. The maximum absolute atomic E-state index is 13.4. The fourth-order valence-electron chi connectivity index (χ4n) is 3.85. The maximum atomic E-state index is 13.4. The van der Waals surface area contributed by atoms with E-state index in [0.717, 1.165) is 11.1 Å². The Labute approximate surface area is 219 Å². The van der Waals surface area contributed by atoms with Crippen molar-refractivity contribution in [2.45, 2.75) is 46.6 Å². The summed E-state index contributed by atoms with van der Waals surface area (Å²) >= 11 is 6.53. The van der Waals surface area contributed by atoms with Crippen LogP contribution < -0.4 is 11.1 Å². The summed E-state index contributed by atoms with van der Waals surface area (Å²) in [5, 5.41) is 3.48. The minimum Gasteiger partial charge on any atom is -0.334 e. The monoisotopic (exact) mass is 505 g/mol. The fraction of sp³-hybridized carbons (Fsp3) is 0.333. The van der Waals surface area contributed by atoms with E-state index in [1.807, 2.05) is 62.4 Å². The molecular formula is C30H36ClN3O2. The van der Waals surface area contributed by atoms with Gasteiger partial charge in [-0.15, -0.1) is 0 Å². The van der Waals surface area contributed by atoms with Crippen LogP contribution in [-0.4, -0.2) is 29.8 Å². The second-order valence-corrected chi connectivity index (χ2v) is 11.4. The van der Waals surface area contributed by atoms with Crippen molar-refractivity contribution in [2.75, 3.05) is 18.4 Å². The summed E-state index contributed by atoms with van der Waals surface area (Å²) in [6.45, 7) is 11.7. The molecule has 2 amide bonds. The summed E-state index contributed by atoms with van der Waals surface area (Å²) in [5.41, 5.74) is 9.41. The molecule has 0 aromatic heterocycles. The van der Waals surface area contributed by atoms with Crippen molar-refractivity contribution >= 4 is 29.1 Å². The van der Waals surface area contributed by atoms with Gasteiger partial charge in [-0.1, -0.05) is 76.6 Å². The predicted molar refractivity (Wildman–Crippen MR) is 149 cm³/mol. The van der Waals surface area contributed by atoms with Gasteiger partial charge in [0.05, 0.1) is 0 Å². The summed E-state index contributed by atoms with van der Waals surface area (Å²) in [7, 11) is 0. The van der Waals surface area contributed by atoms with Gasteiger partial charge in [0.15, 0.2) is 0 Å². The van der Waals surface area contributed by atoms with E-state index < -0.39 is 0 Å². The third kappa shape index (κ3) is 7.19. The number of carbonyl (C=O) groups excluding carboxylic acids is 2. The Morgan fingerprint density at radius 1 is 0.889 bits per heavy atom. The van der Waals surface area contributed by atoms with Crippen molar-refractivity contribution in [1.82, 2.24) is 4.90 Å². The Balaban J connectivity index is 1.83. The van der Waals surface area contributed by atoms with E-state index in [1.165, 1.54) is 0 Å². The van der Waals surface area contributed by atoms with Gasteiger partial charge in [0.2, 0.25) is 0 Å². The van der Waals surface area contributed by atoms with Crippen LogP contribution in [0.3, 0.4) is 0 Å². The molecule has 0 heterocycles. The van der Waals surface area contributed by atoms with Crippen LogP contribution in [0.1, 0.15) is 66.5 Å². The molecule has 0 aliphatic heterocycles. The zero-order chi connectivity index (χ0) is 26.5. The first-order valence-electron chi connectivity index (χ1n) is 12.1. The highest BCUT2D eigenvalue weighted by molar-refractivity contribution is 6.31. The molecule has 5 nitrogen and oxygen atoms in total. The molecule has 6 heteroatoms. The molecule has 36 heavy (non-hydrogen) atoms. The number of carbonyl (C=O) groups is 2. The second-order valence-electron chi connectivity index (χ2n) is 11.0. The van der Waals surface area contributed by atoms with Crippen molar-refractivity contribution in [1.29, 1.82) is 0 Å². The smallest absolute Gasteiger partial charge is 0.255 e.